The van der Waals surface area contributed by atoms with Crippen LogP contribution < -0.4 is 10.6 Å². The molecular weight excluding hydrogens is 391 g/mol. The van der Waals surface area contributed by atoms with Crippen molar-refractivity contribution < 1.29 is 9.53 Å². The van der Waals surface area contributed by atoms with Crippen molar-refractivity contribution in [3.63, 3.8) is 0 Å². The van der Waals surface area contributed by atoms with E-state index in [9.17, 15) is 4.79 Å². The number of amides is 1. The van der Waals surface area contributed by atoms with Crippen molar-refractivity contribution in [2.45, 2.75) is 64.3 Å². The second-order valence-electron chi connectivity index (χ2n) is 6.95. The molecule has 1 aromatic rings. The molecule has 0 spiro atoms. The Kier molecular flexibility index (Phi) is 5.71. The molecule has 1 aromatic carbocycles. The monoisotopic (exact) mass is 416 g/mol. The van der Waals surface area contributed by atoms with Gasteiger partial charge in [0.25, 0.3) is 0 Å². The first-order valence-corrected chi connectivity index (χ1v) is 8.82. The Morgan fingerprint density at radius 3 is 2.36 bits per heavy atom. The van der Waals surface area contributed by atoms with Gasteiger partial charge in [-0.3, -0.25) is 0 Å². The summed E-state index contributed by atoms with van der Waals surface area (Å²) in [5.41, 5.74) is 0.856. The van der Waals surface area contributed by atoms with Crippen LogP contribution in [0.4, 0.5) is 4.79 Å². The number of hydrogen-bond donors (Lipinski definition) is 2. The van der Waals surface area contributed by atoms with E-state index in [2.05, 4.69) is 64.4 Å². The van der Waals surface area contributed by atoms with Crippen molar-refractivity contribution in [1.82, 2.24) is 10.6 Å². The normalized spacial score (nSPS) is 22.6. The SMILES string of the molecule is CC(NC1CC(NC(=O)OC(C)(C)C)C1)c1ccc(I)cc1. The molecular formula is C17H25IN2O2. The first kappa shape index (κ1) is 17.5. The minimum absolute atomic E-state index is 0.219. The largest absolute Gasteiger partial charge is 0.444 e. The van der Waals surface area contributed by atoms with Crippen LogP contribution in [-0.2, 0) is 4.74 Å². The molecule has 0 saturated heterocycles. The molecule has 1 aliphatic carbocycles. The van der Waals surface area contributed by atoms with Crippen molar-refractivity contribution in [2.24, 2.45) is 0 Å². The molecule has 0 aromatic heterocycles. The molecule has 1 unspecified atom stereocenters. The molecule has 1 fully saturated rings. The third-order valence-corrected chi connectivity index (χ3v) is 4.43. The van der Waals surface area contributed by atoms with Gasteiger partial charge in [0.2, 0.25) is 0 Å². The van der Waals surface area contributed by atoms with E-state index in [1.54, 1.807) is 0 Å². The van der Waals surface area contributed by atoms with Crippen LogP contribution in [0.15, 0.2) is 24.3 Å². The van der Waals surface area contributed by atoms with Crippen LogP contribution in [0.1, 0.15) is 52.1 Å². The van der Waals surface area contributed by atoms with Crippen LogP contribution in [0.25, 0.3) is 0 Å². The second kappa shape index (κ2) is 7.17. The van der Waals surface area contributed by atoms with Crippen molar-refractivity contribution in [2.75, 3.05) is 0 Å². The molecule has 0 bridgehead atoms. The van der Waals surface area contributed by atoms with Crippen LogP contribution in [-0.4, -0.2) is 23.8 Å². The number of ether oxygens (including phenoxy) is 1. The van der Waals surface area contributed by atoms with E-state index in [1.807, 2.05) is 20.8 Å². The molecule has 5 heteroatoms. The van der Waals surface area contributed by atoms with Gasteiger partial charge >= 0.3 is 6.09 Å². The lowest BCUT2D eigenvalue weighted by atomic mass is 9.86. The number of carbonyl (C=O) groups is 1. The maximum Gasteiger partial charge on any atom is 0.407 e. The lowest BCUT2D eigenvalue weighted by Crippen LogP contribution is -2.53. The van der Waals surface area contributed by atoms with E-state index in [4.69, 9.17) is 4.74 Å². The number of hydrogen-bond acceptors (Lipinski definition) is 3. The number of rotatable bonds is 4. The van der Waals surface area contributed by atoms with Gasteiger partial charge in [0.15, 0.2) is 0 Å². The molecule has 1 aliphatic rings. The van der Waals surface area contributed by atoms with Gasteiger partial charge in [-0.1, -0.05) is 12.1 Å². The topological polar surface area (TPSA) is 50.4 Å². The van der Waals surface area contributed by atoms with Crippen LogP contribution >= 0.6 is 22.6 Å². The van der Waals surface area contributed by atoms with Gasteiger partial charge in [0, 0.05) is 21.7 Å². The second-order valence-corrected chi connectivity index (χ2v) is 8.20. The average Bonchev–Trinajstić information content (AvgIpc) is 2.34. The van der Waals surface area contributed by atoms with Crippen molar-refractivity contribution >= 4 is 28.7 Å². The van der Waals surface area contributed by atoms with Gasteiger partial charge in [-0.25, -0.2) is 4.79 Å². The first-order chi connectivity index (χ1) is 10.2. The fourth-order valence-electron chi connectivity index (χ4n) is 2.55. The lowest BCUT2D eigenvalue weighted by Gasteiger charge is -2.38. The Labute approximate surface area is 146 Å². The molecule has 122 valence electrons. The molecule has 22 heavy (non-hydrogen) atoms. The fraction of sp³-hybridized carbons (Fsp3) is 0.588. The quantitative estimate of drug-likeness (QED) is 0.730. The van der Waals surface area contributed by atoms with Crippen LogP contribution in [0.2, 0.25) is 0 Å². The highest BCUT2D eigenvalue weighted by molar-refractivity contribution is 14.1. The third-order valence-electron chi connectivity index (χ3n) is 3.71. The minimum Gasteiger partial charge on any atom is -0.444 e. The van der Waals surface area contributed by atoms with Gasteiger partial charge in [-0.15, -0.1) is 0 Å². The number of nitrogens with one attached hydrogen (secondary N) is 2. The first-order valence-electron chi connectivity index (χ1n) is 7.74. The summed E-state index contributed by atoms with van der Waals surface area (Å²) in [6.07, 6.45) is 1.59. The average molecular weight is 416 g/mol. The Morgan fingerprint density at radius 2 is 1.82 bits per heavy atom. The fourth-order valence-corrected chi connectivity index (χ4v) is 2.91. The molecule has 1 amide bonds. The summed E-state index contributed by atoms with van der Waals surface area (Å²) in [7, 11) is 0. The zero-order valence-corrected chi connectivity index (χ0v) is 15.8. The van der Waals surface area contributed by atoms with Gasteiger partial charge in [-0.05, 0) is 80.8 Å². The molecule has 1 saturated carbocycles. The Bertz CT molecular complexity index is 504. The molecule has 2 rings (SSSR count). The Morgan fingerprint density at radius 1 is 1.23 bits per heavy atom. The highest BCUT2D eigenvalue weighted by Crippen LogP contribution is 2.24. The standard InChI is InChI=1S/C17H25IN2O2/c1-11(12-5-7-13(18)8-6-12)19-14-9-15(10-14)20-16(21)22-17(2,3)4/h5-8,11,14-15,19H,9-10H2,1-4H3,(H,20,21). The summed E-state index contributed by atoms with van der Waals surface area (Å²) >= 11 is 2.31. The number of alkyl carbamates (subject to hydrolysis) is 1. The van der Waals surface area contributed by atoms with Crippen molar-refractivity contribution in [1.29, 1.82) is 0 Å². The maximum atomic E-state index is 11.7. The zero-order chi connectivity index (χ0) is 16.3. The van der Waals surface area contributed by atoms with Crippen LogP contribution in [0, 0.1) is 3.57 Å². The van der Waals surface area contributed by atoms with Gasteiger partial charge in [0.1, 0.15) is 5.60 Å². The number of halogens is 1. The summed E-state index contributed by atoms with van der Waals surface area (Å²) in [5, 5.41) is 6.53. The summed E-state index contributed by atoms with van der Waals surface area (Å²) in [6, 6.07) is 9.57. The molecule has 0 heterocycles. The smallest absolute Gasteiger partial charge is 0.407 e. The van der Waals surface area contributed by atoms with Crippen LogP contribution in [0.5, 0.6) is 0 Å². The predicted octanol–water partition coefficient (Wildman–Crippen LogP) is 4.00. The van der Waals surface area contributed by atoms with Crippen molar-refractivity contribution in [3.05, 3.63) is 33.4 Å². The Balaban J connectivity index is 1.71. The van der Waals surface area contributed by atoms with E-state index in [0.29, 0.717) is 12.1 Å². The Hall–Kier alpha value is -0.820. The van der Waals surface area contributed by atoms with E-state index in [-0.39, 0.29) is 12.1 Å². The summed E-state index contributed by atoms with van der Waals surface area (Å²) in [6.45, 7) is 7.80. The van der Waals surface area contributed by atoms with Crippen molar-refractivity contribution in [3.8, 4) is 0 Å². The van der Waals surface area contributed by atoms with Crippen LogP contribution in [0.3, 0.4) is 0 Å². The van der Waals surface area contributed by atoms with Gasteiger partial charge < -0.3 is 15.4 Å². The minimum atomic E-state index is -0.440. The number of carbonyl (C=O) groups excluding carboxylic acids is 1. The molecule has 1 atom stereocenters. The molecule has 0 aliphatic heterocycles. The summed E-state index contributed by atoms with van der Waals surface area (Å²) < 4.78 is 6.52. The molecule has 4 nitrogen and oxygen atoms in total. The van der Waals surface area contributed by atoms with Gasteiger partial charge in [0.05, 0.1) is 0 Å². The summed E-state index contributed by atoms with van der Waals surface area (Å²) in [5.74, 6) is 0. The van der Waals surface area contributed by atoms with E-state index in [1.165, 1.54) is 9.13 Å². The highest BCUT2D eigenvalue weighted by atomic mass is 127. The zero-order valence-electron chi connectivity index (χ0n) is 13.7. The third kappa shape index (κ3) is 5.43. The van der Waals surface area contributed by atoms with E-state index in [0.717, 1.165) is 12.8 Å². The number of benzene rings is 1. The lowest BCUT2D eigenvalue weighted by molar-refractivity contribution is 0.0463. The maximum absolute atomic E-state index is 11.7. The predicted molar refractivity (Wildman–Crippen MR) is 96.9 cm³/mol. The summed E-state index contributed by atoms with van der Waals surface area (Å²) in [4.78, 5) is 11.7. The van der Waals surface area contributed by atoms with E-state index < -0.39 is 5.60 Å². The molecule has 0 radical (unpaired) electrons. The van der Waals surface area contributed by atoms with Gasteiger partial charge in [-0.2, -0.15) is 0 Å². The van der Waals surface area contributed by atoms with E-state index >= 15 is 0 Å². The highest BCUT2D eigenvalue weighted by Gasteiger charge is 2.32. The molecule has 2 N–H and O–H groups in total.